The van der Waals surface area contributed by atoms with Crippen molar-refractivity contribution in [3.63, 3.8) is 0 Å². The van der Waals surface area contributed by atoms with Gasteiger partial charge in [0.1, 0.15) is 0 Å². The lowest BCUT2D eigenvalue weighted by atomic mass is 9.86. The highest BCUT2D eigenvalue weighted by Crippen LogP contribution is 2.39. The monoisotopic (exact) mass is 365 g/mol. The summed E-state index contributed by atoms with van der Waals surface area (Å²) in [7, 11) is -3.44. The van der Waals surface area contributed by atoms with Crippen LogP contribution in [-0.4, -0.2) is 50.7 Å². The van der Waals surface area contributed by atoms with E-state index in [-0.39, 0.29) is 11.7 Å². The molecule has 5 nitrogen and oxygen atoms in total. The smallest absolute Gasteiger partial charge is 0.243 e. The van der Waals surface area contributed by atoms with E-state index in [1.807, 2.05) is 19.9 Å². The highest BCUT2D eigenvalue weighted by atomic mass is 32.2. The molecule has 6 heteroatoms. The summed E-state index contributed by atoms with van der Waals surface area (Å²) in [5.74, 6) is 0.752. The van der Waals surface area contributed by atoms with Gasteiger partial charge in [-0.05, 0) is 62.3 Å². The van der Waals surface area contributed by atoms with Crippen LogP contribution >= 0.6 is 0 Å². The van der Waals surface area contributed by atoms with Crippen LogP contribution in [0.1, 0.15) is 36.8 Å². The first-order valence-electron chi connectivity index (χ1n) is 9.20. The lowest BCUT2D eigenvalue weighted by Gasteiger charge is -2.52. The molecule has 0 radical (unpaired) electrons. The van der Waals surface area contributed by atoms with E-state index in [4.69, 9.17) is 9.47 Å². The van der Waals surface area contributed by atoms with E-state index >= 15 is 0 Å². The number of hydrogen-bond donors (Lipinski definition) is 0. The summed E-state index contributed by atoms with van der Waals surface area (Å²) < 4.78 is 39.3. The molecule has 2 heterocycles. The van der Waals surface area contributed by atoms with Crippen LogP contribution in [0.3, 0.4) is 0 Å². The van der Waals surface area contributed by atoms with Gasteiger partial charge in [0.05, 0.1) is 16.6 Å². The Labute approximate surface area is 150 Å². The van der Waals surface area contributed by atoms with E-state index in [1.54, 1.807) is 16.4 Å². The molecule has 0 aromatic heterocycles. The number of sulfonamides is 1. The Kier molecular flexibility index (Phi) is 4.43. The van der Waals surface area contributed by atoms with Gasteiger partial charge >= 0.3 is 0 Å². The molecule has 25 heavy (non-hydrogen) atoms. The third-order valence-corrected chi connectivity index (χ3v) is 7.24. The van der Waals surface area contributed by atoms with Gasteiger partial charge in [-0.1, -0.05) is 6.07 Å². The molecular weight excluding hydrogens is 338 g/mol. The highest BCUT2D eigenvalue weighted by molar-refractivity contribution is 7.89. The number of ether oxygens (including phenoxy) is 2. The Morgan fingerprint density at radius 2 is 1.84 bits per heavy atom. The van der Waals surface area contributed by atoms with Gasteiger partial charge in [0.15, 0.2) is 0 Å². The first kappa shape index (κ1) is 17.5. The van der Waals surface area contributed by atoms with Gasteiger partial charge < -0.3 is 9.47 Å². The van der Waals surface area contributed by atoms with E-state index in [0.717, 1.165) is 36.5 Å². The first-order chi connectivity index (χ1) is 11.9. The van der Waals surface area contributed by atoms with Crippen LogP contribution in [0.2, 0.25) is 0 Å². The number of rotatable bonds is 5. The predicted molar refractivity (Wildman–Crippen MR) is 95.1 cm³/mol. The van der Waals surface area contributed by atoms with Gasteiger partial charge in [0, 0.05) is 32.7 Å². The Balaban J connectivity index is 1.41. The molecule has 1 atom stereocenters. The molecule has 0 N–H and O–H groups in total. The molecule has 2 saturated heterocycles. The van der Waals surface area contributed by atoms with Crippen LogP contribution in [0.25, 0.3) is 0 Å². The Morgan fingerprint density at radius 3 is 2.48 bits per heavy atom. The molecule has 0 amide bonds. The van der Waals surface area contributed by atoms with Gasteiger partial charge in [-0.25, -0.2) is 8.42 Å². The maximum atomic E-state index is 12.9. The zero-order valence-electron chi connectivity index (χ0n) is 15.0. The molecule has 0 unspecified atom stereocenters. The third-order valence-electron chi connectivity index (χ3n) is 5.47. The number of hydrogen-bond acceptors (Lipinski definition) is 4. The third kappa shape index (κ3) is 3.63. The van der Waals surface area contributed by atoms with Crippen LogP contribution in [0.5, 0.6) is 0 Å². The molecule has 3 aliphatic rings. The summed E-state index contributed by atoms with van der Waals surface area (Å²) in [4.78, 5) is 0.386. The lowest BCUT2D eigenvalue weighted by Crippen LogP contribution is -2.67. The molecule has 0 bridgehead atoms. The minimum atomic E-state index is -3.44. The standard InChI is InChI=1S/C19H27NO4S/c1-14-7-15(2)9-18(8-14)25(21,22)20-12-19(13-20)10-17(5-6-24-19)23-11-16-3-4-16/h7-9,16-17H,3-6,10-13H2,1-2H3/t17-/m1/s1. The van der Waals surface area contributed by atoms with Crippen molar-refractivity contribution >= 4 is 10.0 Å². The number of nitrogens with zero attached hydrogens (tertiary/aromatic N) is 1. The minimum Gasteiger partial charge on any atom is -0.378 e. The van der Waals surface area contributed by atoms with Crippen LogP contribution in [0.4, 0.5) is 0 Å². The van der Waals surface area contributed by atoms with Crippen molar-refractivity contribution in [3.8, 4) is 0 Å². The molecule has 4 rings (SSSR count). The first-order valence-corrected chi connectivity index (χ1v) is 10.6. The van der Waals surface area contributed by atoms with Gasteiger partial charge in [0.25, 0.3) is 0 Å². The summed E-state index contributed by atoms with van der Waals surface area (Å²) in [6.45, 7) is 6.24. The topological polar surface area (TPSA) is 55.8 Å². The average molecular weight is 365 g/mol. The van der Waals surface area contributed by atoms with Crippen molar-refractivity contribution in [2.45, 2.75) is 56.1 Å². The van der Waals surface area contributed by atoms with Gasteiger partial charge in [-0.15, -0.1) is 0 Å². The molecule has 1 aromatic carbocycles. The summed E-state index contributed by atoms with van der Waals surface area (Å²) in [5.41, 5.74) is 1.59. The second-order valence-corrected chi connectivity index (χ2v) is 9.96. The van der Waals surface area contributed by atoms with Crippen molar-refractivity contribution in [2.75, 3.05) is 26.3 Å². The fraction of sp³-hybridized carbons (Fsp3) is 0.684. The maximum Gasteiger partial charge on any atom is 0.243 e. The minimum absolute atomic E-state index is 0.209. The normalized spacial score (nSPS) is 26.6. The zero-order chi connectivity index (χ0) is 17.7. The fourth-order valence-corrected chi connectivity index (χ4v) is 5.68. The maximum absolute atomic E-state index is 12.9. The quantitative estimate of drug-likeness (QED) is 0.805. The summed E-state index contributed by atoms with van der Waals surface area (Å²) in [5, 5.41) is 0. The van der Waals surface area contributed by atoms with E-state index < -0.39 is 10.0 Å². The molecule has 138 valence electrons. The Bertz CT molecular complexity index is 730. The van der Waals surface area contributed by atoms with Crippen LogP contribution in [-0.2, 0) is 19.5 Å². The van der Waals surface area contributed by atoms with Gasteiger partial charge in [-0.2, -0.15) is 4.31 Å². The Hall–Kier alpha value is -0.950. The van der Waals surface area contributed by atoms with E-state index in [9.17, 15) is 8.42 Å². The second-order valence-electron chi connectivity index (χ2n) is 8.02. The largest absolute Gasteiger partial charge is 0.378 e. The molecule has 1 spiro atoms. The summed E-state index contributed by atoms with van der Waals surface area (Å²) in [6.07, 6.45) is 4.50. The van der Waals surface area contributed by atoms with Crippen LogP contribution in [0.15, 0.2) is 23.1 Å². The zero-order valence-corrected chi connectivity index (χ0v) is 15.8. The molecule has 1 saturated carbocycles. The van der Waals surface area contributed by atoms with Crippen molar-refractivity contribution in [3.05, 3.63) is 29.3 Å². The molecule has 3 fully saturated rings. The SMILES string of the molecule is Cc1cc(C)cc(S(=O)(=O)N2CC3(C[C@H](OCC4CC4)CCO3)C2)c1. The van der Waals surface area contributed by atoms with Crippen molar-refractivity contribution in [2.24, 2.45) is 5.92 Å². The van der Waals surface area contributed by atoms with Crippen molar-refractivity contribution in [1.29, 1.82) is 0 Å². The van der Waals surface area contributed by atoms with Crippen LogP contribution < -0.4 is 0 Å². The summed E-state index contributed by atoms with van der Waals surface area (Å²) >= 11 is 0. The van der Waals surface area contributed by atoms with Crippen molar-refractivity contribution in [1.82, 2.24) is 4.31 Å². The predicted octanol–water partition coefficient (Wildman–Crippen LogP) is 2.65. The van der Waals surface area contributed by atoms with E-state index in [1.165, 1.54) is 12.8 Å². The van der Waals surface area contributed by atoms with E-state index in [0.29, 0.717) is 24.6 Å². The van der Waals surface area contributed by atoms with Crippen molar-refractivity contribution < 1.29 is 17.9 Å². The molecular formula is C19H27NO4S. The highest BCUT2D eigenvalue weighted by Gasteiger charge is 2.52. The molecule has 1 aromatic rings. The molecule has 2 aliphatic heterocycles. The Morgan fingerprint density at radius 1 is 1.16 bits per heavy atom. The van der Waals surface area contributed by atoms with Gasteiger partial charge in [0.2, 0.25) is 10.0 Å². The number of aryl methyl sites for hydroxylation is 2. The average Bonchev–Trinajstić information content (AvgIpc) is 3.34. The van der Waals surface area contributed by atoms with Gasteiger partial charge in [-0.3, -0.25) is 0 Å². The second kappa shape index (κ2) is 6.34. The fourth-order valence-electron chi connectivity index (χ4n) is 3.90. The van der Waals surface area contributed by atoms with Crippen LogP contribution in [0, 0.1) is 19.8 Å². The molecule has 1 aliphatic carbocycles. The van der Waals surface area contributed by atoms with E-state index in [2.05, 4.69) is 0 Å². The lowest BCUT2D eigenvalue weighted by molar-refractivity contribution is -0.179. The number of benzene rings is 1. The summed E-state index contributed by atoms with van der Waals surface area (Å²) in [6, 6.07) is 5.48.